The summed E-state index contributed by atoms with van der Waals surface area (Å²) < 4.78 is 37.7. The Balaban J connectivity index is 1.71. The van der Waals surface area contributed by atoms with Crippen molar-refractivity contribution in [3.63, 3.8) is 0 Å². The molecule has 6 nitrogen and oxygen atoms in total. The SMILES string of the molecule is CC(C)(C)OC(=O)Nc1cc(NC(=O)c2ccc(-c3ccc(F)cc3)o2)ccc1F. The van der Waals surface area contributed by atoms with Crippen molar-refractivity contribution in [2.75, 3.05) is 10.6 Å². The van der Waals surface area contributed by atoms with E-state index in [9.17, 15) is 18.4 Å². The Morgan fingerprint density at radius 3 is 2.30 bits per heavy atom. The van der Waals surface area contributed by atoms with Crippen molar-refractivity contribution >= 4 is 23.4 Å². The third-order valence-corrected chi connectivity index (χ3v) is 3.82. The number of hydrogen-bond donors (Lipinski definition) is 2. The molecule has 0 unspecified atom stereocenters. The number of anilines is 2. The lowest BCUT2D eigenvalue weighted by Gasteiger charge is -2.20. The van der Waals surface area contributed by atoms with Crippen molar-refractivity contribution in [2.24, 2.45) is 0 Å². The predicted octanol–water partition coefficient (Wildman–Crippen LogP) is 5.82. The fourth-order valence-corrected chi connectivity index (χ4v) is 2.53. The van der Waals surface area contributed by atoms with E-state index in [1.807, 2.05) is 0 Å². The second-order valence-corrected chi connectivity index (χ2v) is 7.45. The number of rotatable bonds is 4. The second-order valence-electron chi connectivity index (χ2n) is 7.45. The van der Waals surface area contributed by atoms with Gasteiger partial charge in [0.05, 0.1) is 5.69 Å². The van der Waals surface area contributed by atoms with Crippen LogP contribution in [0.5, 0.6) is 0 Å². The van der Waals surface area contributed by atoms with Gasteiger partial charge in [0, 0.05) is 11.3 Å². The van der Waals surface area contributed by atoms with Gasteiger partial charge in [-0.3, -0.25) is 10.1 Å². The van der Waals surface area contributed by atoms with Crippen molar-refractivity contribution < 1.29 is 27.5 Å². The van der Waals surface area contributed by atoms with E-state index in [4.69, 9.17) is 9.15 Å². The molecule has 2 N–H and O–H groups in total. The minimum Gasteiger partial charge on any atom is -0.451 e. The van der Waals surface area contributed by atoms with Crippen LogP contribution in [0.25, 0.3) is 11.3 Å². The molecule has 0 fully saturated rings. The smallest absolute Gasteiger partial charge is 0.412 e. The summed E-state index contributed by atoms with van der Waals surface area (Å²) in [5, 5.41) is 4.88. The van der Waals surface area contributed by atoms with Crippen LogP contribution >= 0.6 is 0 Å². The highest BCUT2D eigenvalue weighted by Gasteiger charge is 2.18. The molecular formula is C22H20F2N2O4. The number of halogens is 2. The highest BCUT2D eigenvalue weighted by atomic mass is 19.1. The number of ether oxygens (including phenoxy) is 1. The molecule has 3 aromatic rings. The Labute approximate surface area is 171 Å². The number of hydrogen-bond acceptors (Lipinski definition) is 4. The zero-order valence-electron chi connectivity index (χ0n) is 16.6. The minimum absolute atomic E-state index is 0.0142. The molecule has 1 heterocycles. The molecule has 3 rings (SSSR count). The maximum Gasteiger partial charge on any atom is 0.412 e. The van der Waals surface area contributed by atoms with Gasteiger partial charge in [-0.05, 0) is 75.4 Å². The highest BCUT2D eigenvalue weighted by Crippen LogP contribution is 2.24. The standard InChI is InChI=1S/C22H20F2N2O4/c1-22(2,3)30-21(28)26-17-12-15(8-9-16(17)24)25-20(27)19-11-10-18(29-19)13-4-6-14(23)7-5-13/h4-12H,1-3H3,(H,25,27)(H,26,28). The van der Waals surface area contributed by atoms with E-state index in [0.717, 1.165) is 6.07 Å². The van der Waals surface area contributed by atoms with Crippen molar-refractivity contribution in [1.82, 2.24) is 0 Å². The van der Waals surface area contributed by atoms with Crippen LogP contribution in [0.2, 0.25) is 0 Å². The van der Waals surface area contributed by atoms with Crippen molar-refractivity contribution in [3.8, 4) is 11.3 Å². The van der Waals surface area contributed by atoms with E-state index in [2.05, 4.69) is 10.6 Å². The number of amides is 2. The number of furan rings is 1. The maximum atomic E-state index is 14.0. The fraction of sp³-hybridized carbons (Fsp3) is 0.182. The van der Waals surface area contributed by atoms with Crippen LogP contribution in [-0.4, -0.2) is 17.6 Å². The first-order valence-electron chi connectivity index (χ1n) is 9.07. The van der Waals surface area contributed by atoms with Crippen molar-refractivity contribution in [1.29, 1.82) is 0 Å². The van der Waals surface area contributed by atoms with Gasteiger partial charge in [0.15, 0.2) is 5.76 Å². The van der Waals surface area contributed by atoms with Gasteiger partial charge in [-0.1, -0.05) is 0 Å². The summed E-state index contributed by atoms with van der Waals surface area (Å²) in [6, 6.07) is 12.4. The molecule has 0 spiro atoms. The molecule has 156 valence electrons. The molecule has 30 heavy (non-hydrogen) atoms. The summed E-state index contributed by atoms with van der Waals surface area (Å²) >= 11 is 0. The van der Waals surface area contributed by atoms with E-state index in [0.29, 0.717) is 11.3 Å². The van der Waals surface area contributed by atoms with Gasteiger partial charge in [0.25, 0.3) is 5.91 Å². The van der Waals surface area contributed by atoms with E-state index in [-0.39, 0.29) is 23.0 Å². The second kappa shape index (κ2) is 8.36. The third-order valence-electron chi connectivity index (χ3n) is 3.82. The van der Waals surface area contributed by atoms with Crippen LogP contribution in [0.4, 0.5) is 25.0 Å². The maximum absolute atomic E-state index is 14.0. The Kier molecular flexibility index (Phi) is 5.86. The normalized spacial score (nSPS) is 11.1. The molecule has 0 atom stereocenters. The number of nitrogens with one attached hydrogen (secondary N) is 2. The van der Waals surface area contributed by atoms with E-state index in [1.165, 1.54) is 42.5 Å². The molecule has 0 aliphatic heterocycles. The van der Waals surface area contributed by atoms with E-state index >= 15 is 0 Å². The first-order chi connectivity index (χ1) is 14.1. The molecule has 0 bridgehead atoms. The molecule has 1 aromatic heterocycles. The summed E-state index contributed by atoms with van der Waals surface area (Å²) in [6.07, 6.45) is -0.820. The zero-order chi connectivity index (χ0) is 21.9. The Morgan fingerprint density at radius 1 is 0.933 bits per heavy atom. The molecule has 2 amide bonds. The summed E-state index contributed by atoms with van der Waals surface area (Å²) in [6.45, 7) is 5.05. The Bertz CT molecular complexity index is 1070. The van der Waals surface area contributed by atoms with Gasteiger partial charge in [-0.2, -0.15) is 0 Å². The van der Waals surface area contributed by atoms with Crippen molar-refractivity contribution in [2.45, 2.75) is 26.4 Å². The van der Waals surface area contributed by atoms with E-state index < -0.39 is 23.4 Å². The van der Waals surface area contributed by atoms with Gasteiger partial charge in [-0.25, -0.2) is 13.6 Å². The molecule has 8 heteroatoms. The largest absolute Gasteiger partial charge is 0.451 e. The van der Waals surface area contributed by atoms with Crippen LogP contribution in [0.3, 0.4) is 0 Å². The summed E-state index contributed by atoms with van der Waals surface area (Å²) in [5.41, 5.74) is -0.0322. The average molecular weight is 414 g/mol. The van der Waals surface area contributed by atoms with Crippen LogP contribution < -0.4 is 10.6 Å². The van der Waals surface area contributed by atoms with Gasteiger partial charge >= 0.3 is 6.09 Å². The minimum atomic E-state index is -0.820. The van der Waals surface area contributed by atoms with E-state index in [1.54, 1.807) is 26.8 Å². The predicted molar refractivity (Wildman–Crippen MR) is 108 cm³/mol. The molecule has 0 saturated heterocycles. The lowest BCUT2D eigenvalue weighted by atomic mass is 10.2. The molecule has 0 aliphatic rings. The first-order valence-corrected chi connectivity index (χ1v) is 9.07. The quantitative estimate of drug-likeness (QED) is 0.563. The Hall–Kier alpha value is -3.68. The molecule has 0 aliphatic carbocycles. The summed E-state index contributed by atoms with van der Waals surface area (Å²) in [4.78, 5) is 24.3. The lowest BCUT2D eigenvalue weighted by Crippen LogP contribution is -2.27. The van der Waals surface area contributed by atoms with Crippen LogP contribution in [0.15, 0.2) is 59.0 Å². The summed E-state index contributed by atoms with van der Waals surface area (Å²) in [5.74, 6) is -1.23. The summed E-state index contributed by atoms with van der Waals surface area (Å²) in [7, 11) is 0. The zero-order valence-corrected chi connectivity index (χ0v) is 16.6. The van der Waals surface area contributed by atoms with Gasteiger partial charge < -0.3 is 14.5 Å². The molecule has 0 saturated carbocycles. The average Bonchev–Trinajstić information content (AvgIpc) is 3.14. The number of carbonyl (C=O) groups excluding carboxylic acids is 2. The molecular weight excluding hydrogens is 394 g/mol. The topological polar surface area (TPSA) is 80.6 Å². The van der Waals surface area contributed by atoms with Crippen LogP contribution in [0, 0.1) is 11.6 Å². The van der Waals surface area contributed by atoms with Gasteiger partial charge in [0.1, 0.15) is 23.0 Å². The fourth-order valence-electron chi connectivity index (χ4n) is 2.53. The van der Waals surface area contributed by atoms with Gasteiger partial charge in [-0.15, -0.1) is 0 Å². The van der Waals surface area contributed by atoms with Crippen LogP contribution in [0.1, 0.15) is 31.3 Å². The molecule has 0 radical (unpaired) electrons. The third kappa shape index (κ3) is 5.44. The van der Waals surface area contributed by atoms with Crippen molar-refractivity contribution in [3.05, 3.63) is 72.0 Å². The number of benzene rings is 2. The highest BCUT2D eigenvalue weighted by molar-refractivity contribution is 6.03. The lowest BCUT2D eigenvalue weighted by molar-refractivity contribution is 0.0635. The number of carbonyl (C=O) groups is 2. The molecule has 2 aromatic carbocycles. The Morgan fingerprint density at radius 2 is 1.63 bits per heavy atom. The first kappa shape index (κ1) is 21.0. The monoisotopic (exact) mass is 414 g/mol. The van der Waals surface area contributed by atoms with Crippen LogP contribution in [-0.2, 0) is 4.74 Å². The van der Waals surface area contributed by atoms with Gasteiger partial charge in [0.2, 0.25) is 0 Å².